The fourth-order valence-corrected chi connectivity index (χ4v) is 5.64. The van der Waals surface area contributed by atoms with Gasteiger partial charge in [-0.05, 0) is 44.7 Å². The number of amides is 1. The Bertz CT molecular complexity index is 825. The van der Waals surface area contributed by atoms with Gasteiger partial charge in [0.15, 0.2) is 0 Å². The molecule has 0 spiro atoms. The SMILES string of the molecule is CNC[C@H](CC1CCCCC1)OC(=O)N1CCO[C@@H]([C@@](O)(CCCCOC)c2cccc(Cl)c2F)C1. The number of carbonyl (C=O) groups excluding carboxylic acids is 1. The Balaban J connectivity index is 1.72. The number of nitrogens with one attached hydrogen (secondary N) is 1. The molecule has 1 heterocycles. The van der Waals surface area contributed by atoms with Crippen LogP contribution in [-0.4, -0.2) is 75.3 Å². The van der Waals surface area contributed by atoms with Crippen molar-refractivity contribution >= 4 is 17.7 Å². The van der Waals surface area contributed by atoms with Crippen LogP contribution in [0.3, 0.4) is 0 Å². The molecule has 1 aliphatic carbocycles. The third-order valence-electron chi connectivity index (χ3n) is 7.45. The van der Waals surface area contributed by atoms with E-state index in [4.69, 9.17) is 25.8 Å². The van der Waals surface area contributed by atoms with Gasteiger partial charge in [-0.2, -0.15) is 0 Å². The van der Waals surface area contributed by atoms with Gasteiger partial charge in [-0.25, -0.2) is 9.18 Å². The van der Waals surface area contributed by atoms with Crippen molar-refractivity contribution in [3.8, 4) is 0 Å². The second-order valence-electron chi connectivity index (χ2n) is 10.1. The smallest absolute Gasteiger partial charge is 0.410 e. The van der Waals surface area contributed by atoms with Crippen LogP contribution in [0.25, 0.3) is 0 Å². The molecule has 1 aromatic carbocycles. The Hall–Kier alpha value is -1.45. The number of benzene rings is 1. The molecule has 2 aliphatic rings. The van der Waals surface area contributed by atoms with Gasteiger partial charge >= 0.3 is 6.09 Å². The first-order valence-corrected chi connectivity index (χ1v) is 13.6. The van der Waals surface area contributed by atoms with Crippen molar-refractivity contribution in [2.75, 3.05) is 47.0 Å². The van der Waals surface area contributed by atoms with Gasteiger partial charge in [-0.1, -0.05) is 55.8 Å². The van der Waals surface area contributed by atoms with E-state index in [1.54, 1.807) is 18.1 Å². The van der Waals surface area contributed by atoms with E-state index in [-0.39, 0.29) is 36.3 Å². The van der Waals surface area contributed by atoms with Crippen molar-refractivity contribution in [3.05, 3.63) is 34.6 Å². The molecule has 1 saturated heterocycles. The number of carbonyl (C=O) groups is 1. The molecule has 3 atom stereocenters. The number of morpholine rings is 1. The molecule has 0 aromatic heterocycles. The standard InChI is InChI=1S/C27H42ClFN2O5/c1-30-18-21(17-20-9-4-3-5-10-20)36-26(32)31-14-16-35-24(19-31)27(33,13-6-7-15-34-2)22-11-8-12-23(28)25(22)29/h8,11-12,20-21,24,30,33H,3-7,9-10,13-19H2,1-2H3/t21-,24+,27+/m0/s1. The fraction of sp³-hybridized carbons (Fsp3) is 0.741. The molecule has 7 nitrogen and oxygen atoms in total. The zero-order chi connectivity index (χ0) is 26.0. The molecule has 0 bridgehead atoms. The predicted octanol–water partition coefficient (Wildman–Crippen LogP) is 4.88. The van der Waals surface area contributed by atoms with Gasteiger partial charge in [0.1, 0.15) is 23.6 Å². The van der Waals surface area contributed by atoms with E-state index in [9.17, 15) is 9.90 Å². The minimum absolute atomic E-state index is 0.0625. The van der Waals surface area contributed by atoms with Crippen LogP contribution in [0, 0.1) is 11.7 Å². The Kier molecular flexibility index (Phi) is 11.7. The number of hydrogen-bond donors (Lipinski definition) is 2. The summed E-state index contributed by atoms with van der Waals surface area (Å²) in [7, 11) is 3.47. The minimum Gasteiger partial charge on any atom is -0.445 e. The molecule has 1 amide bonds. The monoisotopic (exact) mass is 528 g/mol. The first-order valence-electron chi connectivity index (χ1n) is 13.3. The van der Waals surface area contributed by atoms with Gasteiger partial charge in [-0.15, -0.1) is 0 Å². The molecule has 2 fully saturated rings. The molecule has 36 heavy (non-hydrogen) atoms. The van der Waals surface area contributed by atoms with E-state index in [2.05, 4.69) is 5.32 Å². The lowest BCUT2D eigenvalue weighted by Gasteiger charge is -2.42. The average molecular weight is 529 g/mol. The maximum Gasteiger partial charge on any atom is 0.410 e. The van der Waals surface area contributed by atoms with Crippen LogP contribution in [0.2, 0.25) is 5.02 Å². The fourth-order valence-electron chi connectivity index (χ4n) is 5.46. The highest BCUT2D eigenvalue weighted by Crippen LogP contribution is 2.38. The Labute approximate surface area is 219 Å². The summed E-state index contributed by atoms with van der Waals surface area (Å²) in [6.07, 6.45) is 7.02. The van der Waals surface area contributed by atoms with E-state index in [0.717, 1.165) is 6.42 Å². The molecule has 1 aliphatic heterocycles. The quantitative estimate of drug-likeness (QED) is 0.376. The molecule has 0 radical (unpaired) electrons. The van der Waals surface area contributed by atoms with Crippen molar-refractivity contribution in [2.45, 2.75) is 75.6 Å². The highest BCUT2D eigenvalue weighted by molar-refractivity contribution is 6.30. The van der Waals surface area contributed by atoms with Gasteiger partial charge in [0.2, 0.25) is 0 Å². The number of ether oxygens (including phenoxy) is 3. The first-order chi connectivity index (χ1) is 17.4. The molecule has 1 aromatic rings. The molecule has 3 rings (SSSR count). The summed E-state index contributed by atoms with van der Waals surface area (Å²) < 4.78 is 32.1. The number of unbranched alkanes of at least 4 members (excludes halogenated alkanes) is 1. The Morgan fingerprint density at radius 2 is 2.11 bits per heavy atom. The van der Waals surface area contributed by atoms with E-state index < -0.39 is 23.6 Å². The zero-order valence-corrected chi connectivity index (χ0v) is 22.4. The molecule has 9 heteroatoms. The third-order valence-corrected chi connectivity index (χ3v) is 7.74. The summed E-state index contributed by atoms with van der Waals surface area (Å²) in [6, 6.07) is 4.60. The molecule has 204 valence electrons. The number of nitrogens with zero attached hydrogens (tertiary/aromatic N) is 1. The molecule has 0 unspecified atom stereocenters. The predicted molar refractivity (Wildman–Crippen MR) is 138 cm³/mol. The summed E-state index contributed by atoms with van der Waals surface area (Å²) in [5.74, 6) is -0.0939. The number of aliphatic hydroxyl groups is 1. The van der Waals surface area contributed by atoms with Crippen LogP contribution in [0.4, 0.5) is 9.18 Å². The van der Waals surface area contributed by atoms with Crippen LogP contribution >= 0.6 is 11.6 Å². The second-order valence-corrected chi connectivity index (χ2v) is 10.5. The number of rotatable bonds is 12. The van der Waals surface area contributed by atoms with Crippen molar-refractivity contribution in [1.29, 1.82) is 0 Å². The first kappa shape index (κ1) is 29.1. The molecule has 1 saturated carbocycles. The largest absolute Gasteiger partial charge is 0.445 e. The number of hydrogen-bond acceptors (Lipinski definition) is 6. The summed E-state index contributed by atoms with van der Waals surface area (Å²) in [4.78, 5) is 14.8. The van der Waals surface area contributed by atoms with Crippen molar-refractivity contribution in [3.63, 3.8) is 0 Å². The van der Waals surface area contributed by atoms with Crippen molar-refractivity contribution in [2.24, 2.45) is 5.92 Å². The summed E-state index contributed by atoms with van der Waals surface area (Å²) in [5, 5.41) is 14.9. The molecular formula is C27H42ClFN2O5. The molecular weight excluding hydrogens is 487 g/mol. The van der Waals surface area contributed by atoms with Gasteiger partial charge < -0.3 is 29.5 Å². The zero-order valence-electron chi connectivity index (χ0n) is 21.6. The lowest BCUT2D eigenvalue weighted by Crippen LogP contribution is -2.55. The maximum absolute atomic E-state index is 15.1. The van der Waals surface area contributed by atoms with E-state index in [1.165, 1.54) is 44.2 Å². The van der Waals surface area contributed by atoms with Gasteiger partial charge in [0, 0.05) is 32.4 Å². The van der Waals surface area contributed by atoms with Gasteiger partial charge in [0.05, 0.1) is 18.2 Å². The van der Waals surface area contributed by atoms with E-state index in [1.807, 2.05) is 7.05 Å². The van der Waals surface area contributed by atoms with Gasteiger partial charge in [0.25, 0.3) is 0 Å². The third kappa shape index (κ3) is 7.78. The van der Waals surface area contributed by atoms with Crippen molar-refractivity contribution < 1.29 is 28.5 Å². The molecule has 2 N–H and O–H groups in total. The summed E-state index contributed by atoms with van der Waals surface area (Å²) in [5.41, 5.74) is -1.58. The average Bonchev–Trinajstić information content (AvgIpc) is 2.89. The topological polar surface area (TPSA) is 80.3 Å². The van der Waals surface area contributed by atoms with Crippen LogP contribution < -0.4 is 5.32 Å². The second kappa shape index (κ2) is 14.5. The van der Waals surface area contributed by atoms with E-state index >= 15 is 4.39 Å². The van der Waals surface area contributed by atoms with Crippen LogP contribution in [0.15, 0.2) is 18.2 Å². The highest BCUT2D eigenvalue weighted by Gasteiger charge is 2.44. The summed E-state index contributed by atoms with van der Waals surface area (Å²) in [6.45, 7) is 1.80. The number of halogens is 2. The summed E-state index contributed by atoms with van der Waals surface area (Å²) >= 11 is 6.05. The number of likely N-dealkylation sites (N-methyl/N-ethyl adjacent to an activating group) is 1. The van der Waals surface area contributed by atoms with Crippen LogP contribution in [0.1, 0.15) is 63.4 Å². The highest BCUT2D eigenvalue weighted by atomic mass is 35.5. The van der Waals surface area contributed by atoms with Crippen molar-refractivity contribution in [1.82, 2.24) is 10.2 Å². The number of methoxy groups -OCH3 is 1. The van der Waals surface area contributed by atoms with Crippen LogP contribution in [0.5, 0.6) is 0 Å². The van der Waals surface area contributed by atoms with Crippen LogP contribution in [-0.2, 0) is 19.8 Å². The minimum atomic E-state index is -1.66. The normalized spacial score (nSPS) is 21.7. The Morgan fingerprint density at radius 1 is 1.33 bits per heavy atom. The van der Waals surface area contributed by atoms with Gasteiger partial charge in [-0.3, -0.25) is 0 Å². The lowest BCUT2D eigenvalue weighted by molar-refractivity contribution is -0.151. The Morgan fingerprint density at radius 3 is 2.83 bits per heavy atom. The van der Waals surface area contributed by atoms with E-state index in [0.29, 0.717) is 38.5 Å². The lowest BCUT2D eigenvalue weighted by atomic mass is 9.82. The maximum atomic E-state index is 15.1.